The van der Waals surface area contributed by atoms with Crippen molar-refractivity contribution in [2.24, 2.45) is 0 Å². The van der Waals surface area contributed by atoms with Crippen molar-refractivity contribution >= 4 is 16.8 Å². The van der Waals surface area contributed by atoms with Gasteiger partial charge in [-0.05, 0) is 61.0 Å². The zero-order chi connectivity index (χ0) is 19.7. The van der Waals surface area contributed by atoms with Crippen molar-refractivity contribution in [3.05, 3.63) is 81.4 Å². The van der Waals surface area contributed by atoms with E-state index >= 15 is 0 Å². The lowest BCUT2D eigenvalue weighted by molar-refractivity contribution is 0.0663. The van der Waals surface area contributed by atoms with Gasteiger partial charge in [0.15, 0.2) is 0 Å². The summed E-state index contributed by atoms with van der Waals surface area (Å²) in [6.45, 7) is 2.21. The Morgan fingerprint density at radius 3 is 2.57 bits per heavy atom. The maximum absolute atomic E-state index is 13.3. The Morgan fingerprint density at radius 2 is 1.86 bits per heavy atom. The molecule has 1 amide bonds. The van der Waals surface area contributed by atoms with E-state index in [9.17, 15) is 14.0 Å². The normalized spacial score (nSPS) is 14.5. The lowest BCUT2D eigenvalue weighted by Gasteiger charge is -2.29. The van der Waals surface area contributed by atoms with Crippen molar-refractivity contribution in [2.75, 3.05) is 0 Å². The number of aryl methyl sites for hydroxylation is 1. The molecule has 0 radical (unpaired) electrons. The van der Waals surface area contributed by atoms with E-state index in [1.165, 1.54) is 24.3 Å². The largest absolute Gasteiger partial charge is 0.331 e. The summed E-state index contributed by atoms with van der Waals surface area (Å²) in [6, 6.07) is 13.5. The van der Waals surface area contributed by atoms with Gasteiger partial charge in [0.2, 0.25) is 0 Å². The topological polar surface area (TPSA) is 53.2 Å². The molecule has 3 aromatic rings. The van der Waals surface area contributed by atoms with Crippen LogP contribution < -0.4 is 5.56 Å². The fourth-order valence-electron chi connectivity index (χ4n) is 4.07. The lowest BCUT2D eigenvalue weighted by Crippen LogP contribution is -2.39. The minimum atomic E-state index is -0.370. The number of nitrogens with zero attached hydrogens (tertiary/aromatic N) is 1. The van der Waals surface area contributed by atoms with Crippen molar-refractivity contribution in [1.29, 1.82) is 0 Å². The van der Waals surface area contributed by atoms with E-state index in [4.69, 9.17) is 0 Å². The number of pyridine rings is 1. The monoisotopic (exact) mass is 378 g/mol. The van der Waals surface area contributed by atoms with Crippen LogP contribution in [0.5, 0.6) is 0 Å². The second-order valence-corrected chi connectivity index (χ2v) is 7.54. The smallest absolute Gasteiger partial charge is 0.254 e. The van der Waals surface area contributed by atoms with Crippen molar-refractivity contribution in [2.45, 2.75) is 45.2 Å². The summed E-state index contributed by atoms with van der Waals surface area (Å²) in [5, 5.41) is 0.954. The number of rotatable bonds is 4. The number of aromatic amines is 1. The predicted molar refractivity (Wildman–Crippen MR) is 108 cm³/mol. The number of nitrogens with one attached hydrogen (secondary N) is 1. The van der Waals surface area contributed by atoms with Crippen LogP contribution in [-0.4, -0.2) is 21.8 Å². The number of benzene rings is 2. The molecular formula is C23H23FN2O2. The second-order valence-electron chi connectivity index (χ2n) is 7.54. The van der Waals surface area contributed by atoms with Gasteiger partial charge in [0.1, 0.15) is 5.82 Å². The third-order valence-corrected chi connectivity index (χ3v) is 5.62. The Balaban J connectivity index is 1.71. The summed E-state index contributed by atoms with van der Waals surface area (Å²) in [6.07, 6.45) is 4.01. The quantitative estimate of drug-likeness (QED) is 0.724. The number of hydrogen-bond donors (Lipinski definition) is 1. The van der Waals surface area contributed by atoms with E-state index in [1.54, 1.807) is 4.90 Å². The van der Waals surface area contributed by atoms with Crippen molar-refractivity contribution in [3.8, 4) is 0 Å². The van der Waals surface area contributed by atoms with Gasteiger partial charge in [-0.1, -0.05) is 31.0 Å². The van der Waals surface area contributed by atoms with Crippen molar-refractivity contribution < 1.29 is 9.18 Å². The molecule has 1 aliphatic rings. The van der Waals surface area contributed by atoms with Crippen LogP contribution in [0.25, 0.3) is 10.9 Å². The van der Waals surface area contributed by atoms with Gasteiger partial charge < -0.3 is 9.88 Å². The molecule has 4 nitrogen and oxygen atoms in total. The SMILES string of the molecule is Cc1cccc2cc(CN(C(=O)c3ccc(F)cc3)C3CCCC3)c(=O)[nH]c12. The molecule has 5 heteroatoms. The van der Waals surface area contributed by atoms with Gasteiger partial charge in [-0.3, -0.25) is 9.59 Å². The first-order valence-corrected chi connectivity index (χ1v) is 9.71. The number of fused-ring (bicyclic) bond motifs is 1. The van der Waals surface area contributed by atoms with Gasteiger partial charge in [0.05, 0.1) is 12.1 Å². The number of halogens is 1. The number of amides is 1. The molecule has 1 N–H and O–H groups in total. The molecular weight excluding hydrogens is 355 g/mol. The molecule has 0 atom stereocenters. The van der Waals surface area contributed by atoms with Crippen molar-refractivity contribution in [1.82, 2.24) is 9.88 Å². The summed E-state index contributed by atoms with van der Waals surface area (Å²) in [7, 11) is 0. The summed E-state index contributed by atoms with van der Waals surface area (Å²) in [4.78, 5) is 30.6. The summed E-state index contributed by atoms with van der Waals surface area (Å²) in [5.74, 6) is -0.527. The Morgan fingerprint density at radius 1 is 1.14 bits per heavy atom. The van der Waals surface area contributed by atoms with Crippen LogP contribution in [0.3, 0.4) is 0 Å². The molecule has 28 heavy (non-hydrogen) atoms. The molecule has 144 valence electrons. The van der Waals surface area contributed by atoms with Crippen LogP contribution in [0.15, 0.2) is 53.3 Å². The summed E-state index contributed by atoms with van der Waals surface area (Å²) in [5.41, 5.74) is 2.68. The minimum absolute atomic E-state index is 0.102. The van der Waals surface area contributed by atoms with Crippen LogP contribution >= 0.6 is 0 Å². The highest BCUT2D eigenvalue weighted by Crippen LogP contribution is 2.27. The van der Waals surface area contributed by atoms with Gasteiger partial charge in [-0.15, -0.1) is 0 Å². The van der Waals surface area contributed by atoms with E-state index in [0.29, 0.717) is 11.1 Å². The Hall–Kier alpha value is -2.95. The number of hydrogen-bond acceptors (Lipinski definition) is 2. The molecule has 1 aromatic heterocycles. The molecule has 1 aliphatic carbocycles. The summed E-state index contributed by atoms with van der Waals surface area (Å²) < 4.78 is 13.3. The fraction of sp³-hybridized carbons (Fsp3) is 0.304. The summed E-state index contributed by atoms with van der Waals surface area (Å²) >= 11 is 0. The van der Waals surface area contributed by atoms with Crippen LogP contribution in [0.4, 0.5) is 4.39 Å². The number of H-pyrrole nitrogens is 1. The maximum Gasteiger partial charge on any atom is 0.254 e. The first-order valence-electron chi connectivity index (χ1n) is 9.71. The van der Waals surface area contributed by atoms with E-state index in [1.807, 2.05) is 31.2 Å². The standard InChI is InChI=1S/C23H23FN2O2/c1-15-5-4-6-17-13-18(22(27)25-21(15)17)14-26(20-7-2-3-8-20)23(28)16-9-11-19(24)12-10-16/h4-6,9-13,20H,2-3,7-8,14H2,1H3,(H,25,27). The third kappa shape index (κ3) is 3.57. The second kappa shape index (κ2) is 7.58. The molecule has 0 bridgehead atoms. The number of para-hydroxylation sites is 1. The number of carbonyl (C=O) groups excluding carboxylic acids is 1. The van der Waals surface area contributed by atoms with Gasteiger partial charge in [-0.2, -0.15) is 0 Å². The van der Waals surface area contributed by atoms with Gasteiger partial charge >= 0.3 is 0 Å². The van der Waals surface area contributed by atoms with E-state index < -0.39 is 0 Å². The first-order chi connectivity index (χ1) is 13.5. The Labute approximate surface area is 163 Å². The minimum Gasteiger partial charge on any atom is -0.331 e. The molecule has 0 saturated heterocycles. The molecule has 1 saturated carbocycles. The molecule has 0 aliphatic heterocycles. The van der Waals surface area contributed by atoms with Gasteiger partial charge in [0.25, 0.3) is 11.5 Å². The molecule has 0 unspecified atom stereocenters. The average molecular weight is 378 g/mol. The first kappa shape index (κ1) is 18.4. The lowest BCUT2D eigenvalue weighted by atomic mass is 10.1. The van der Waals surface area contributed by atoms with E-state index in [2.05, 4.69) is 4.98 Å². The molecule has 1 heterocycles. The van der Waals surface area contributed by atoms with Crippen LogP contribution in [0.2, 0.25) is 0 Å². The van der Waals surface area contributed by atoms with Crippen LogP contribution in [0.1, 0.15) is 47.2 Å². The fourth-order valence-corrected chi connectivity index (χ4v) is 4.07. The highest BCUT2D eigenvalue weighted by Gasteiger charge is 2.28. The highest BCUT2D eigenvalue weighted by atomic mass is 19.1. The molecule has 0 spiro atoms. The zero-order valence-corrected chi connectivity index (χ0v) is 15.9. The van der Waals surface area contributed by atoms with Gasteiger partial charge in [-0.25, -0.2) is 4.39 Å². The molecule has 4 rings (SSSR count). The zero-order valence-electron chi connectivity index (χ0n) is 15.9. The maximum atomic E-state index is 13.3. The van der Waals surface area contributed by atoms with E-state index in [0.717, 1.165) is 42.1 Å². The van der Waals surface area contributed by atoms with Crippen molar-refractivity contribution in [3.63, 3.8) is 0 Å². The number of carbonyl (C=O) groups is 1. The predicted octanol–water partition coefficient (Wildman–Crippen LogP) is 4.56. The van der Waals surface area contributed by atoms with Crippen LogP contribution in [0, 0.1) is 12.7 Å². The average Bonchev–Trinajstić information content (AvgIpc) is 3.22. The third-order valence-electron chi connectivity index (χ3n) is 5.62. The van der Waals surface area contributed by atoms with Crippen LogP contribution in [-0.2, 0) is 6.54 Å². The number of aromatic nitrogens is 1. The highest BCUT2D eigenvalue weighted by molar-refractivity contribution is 5.94. The molecule has 2 aromatic carbocycles. The Kier molecular flexibility index (Phi) is 4.99. The van der Waals surface area contributed by atoms with Gasteiger partial charge in [0, 0.05) is 17.2 Å². The Bertz CT molecular complexity index is 1070. The molecule has 1 fully saturated rings. The van der Waals surface area contributed by atoms with E-state index in [-0.39, 0.29) is 29.9 Å².